The second-order valence-electron chi connectivity index (χ2n) is 8.25. The van der Waals surface area contributed by atoms with Crippen LogP contribution in [0.25, 0.3) is 0 Å². The maximum atomic E-state index is 13.7. The van der Waals surface area contributed by atoms with E-state index in [4.69, 9.17) is 9.47 Å². The predicted octanol–water partition coefficient (Wildman–Crippen LogP) is 3.82. The Labute approximate surface area is 186 Å². The van der Waals surface area contributed by atoms with Crippen molar-refractivity contribution in [2.45, 2.75) is 50.4 Å². The Kier molecular flexibility index (Phi) is 7.12. The van der Waals surface area contributed by atoms with Gasteiger partial charge in [-0.05, 0) is 49.8 Å². The van der Waals surface area contributed by atoms with Crippen molar-refractivity contribution in [2.24, 2.45) is 5.92 Å². The molecular weight excluding hydrogens is 419 g/mol. The van der Waals surface area contributed by atoms with E-state index in [1.165, 1.54) is 37.1 Å². The standard InChI is InChI=1S/C22H29FN4O3S/c1-15-7-9-26(10-8-15)21-24-25-22(27(21)13-17-4-3-11-30-17)31-14-19(28)18-12-16(23)5-6-20(18)29-2/h5-6,12,15,17H,3-4,7-11,13-14H2,1-2H3. The summed E-state index contributed by atoms with van der Waals surface area (Å²) in [4.78, 5) is 15.1. The van der Waals surface area contributed by atoms with Crippen molar-refractivity contribution >= 4 is 23.5 Å². The summed E-state index contributed by atoms with van der Waals surface area (Å²) in [6, 6.07) is 3.98. The molecule has 31 heavy (non-hydrogen) atoms. The van der Waals surface area contributed by atoms with Crippen LogP contribution in [0.1, 0.15) is 43.0 Å². The first kappa shape index (κ1) is 22.1. The van der Waals surface area contributed by atoms with Crippen LogP contribution >= 0.6 is 11.8 Å². The number of halogens is 1. The smallest absolute Gasteiger partial charge is 0.228 e. The molecule has 0 radical (unpaired) electrons. The van der Waals surface area contributed by atoms with Crippen molar-refractivity contribution in [1.82, 2.24) is 14.8 Å². The summed E-state index contributed by atoms with van der Waals surface area (Å²) in [5.74, 6) is 1.40. The van der Waals surface area contributed by atoms with Crippen LogP contribution in [-0.2, 0) is 11.3 Å². The SMILES string of the molecule is COc1ccc(F)cc1C(=O)CSc1nnc(N2CCC(C)CC2)n1CC1CCCO1. The first-order chi connectivity index (χ1) is 15.0. The van der Waals surface area contributed by atoms with Gasteiger partial charge in [0.25, 0.3) is 0 Å². The van der Waals surface area contributed by atoms with E-state index in [1.807, 2.05) is 0 Å². The van der Waals surface area contributed by atoms with Crippen LogP contribution in [0.5, 0.6) is 5.75 Å². The molecule has 168 valence electrons. The number of nitrogens with zero attached hydrogens (tertiary/aromatic N) is 4. The average Bonchev–Trinajstić information content (AvgIpc) is 3.43. The molecule has 2 fully saturated rings. The number of aromatic nitrogens is 3. The molecule has 7 nitrogen and oxygen atoms in total. The molecule has 0 N–H and O–H groups in total. The highest BCUT2D eigenvalue weighted by Gasteiger charge is 2.26. The quantitative estimate of drug-likeness (QED) is 0.449. The lowest BCUT2D eigenvalue weighted by Crippen LogP contribution is -2.35. The van der Waals surface area contributed by atoms with Crippen LogP contribution in [0.15, 0.2) is 23.4 Å². The molecule has 0 amide bonds. The largest absolute Gasteiger partial charge is 0.496 e. The zero-order valence-electron chi connectivity index (χ0n) is 18.1. The first-order valence-corrected chi connectivity index (χ1v) is 11.8. The topological polar surface area (TPSA) is 69.5 Å². The van der Waals surface area contributed by atoms with Gasteiger partial charge in [-0.25, -0.2) is 4.39 Å². The van der Waals surface area contributed by atoms with E-state index in [0.29, 0.717) is 17.5 Å². The Balaban J connectivity index is 1.52. The van der Waals surface area contributed by atoms with Gasteiger partial charge >= 0.3 is 0 Å². The second kappa shape index (κ2) is 9.99. The molecule has 0 saturated carbocycles. The third kappa shape index (κ3) is 5.20. The Morgan fingerprint density at radius 1 is 1.29 bits per heavy atom. The fourth-order valence-corrected chi connectivity index (χ4v) is 4.91. The lowest BCUT2D eigenvalue weighted by Gasteiger charge is -2.31. The molecule has 1 atom stereocenters. The number of thioether (sulfide) groups is 1. The van der Waals surface area contributed by atoms with Crippen molar-refractivity contribution in [2.75, 3.05) is 37.5 Å². The summed E-state index contributed by atoms with van der Waals surface area (Å²) in [5.41, 5.74) is 0.241. The van der Waals surface area contributed by atoms with E-state index in [1.54, 1.807) is 0 Å². The van der Waals surface area contributed by atoms with Crippen LogP contribution in [0.4, 0.5) is 10.3 Å². The van der Waals surface area contributed by atoms with Crippen LogP contribution in [-0.4, -0.2) is 59.2 Å². The number of anilines is 1. The molecule has 1 aromatic carbocycles. The molecule has 2 saturated heterocycles. The molecule has 2 aromatic rings. The minimum atomic E-state index is -0.461. The molecule has 0 bridgehead atoms. The number of carbonyl (C=O) groups is 1. The average molecular weight is 449 g/mol. The number of rotatable bonds is 8. The Morgan fingerprint density at radius 2 is 2.10 bits per heavy atom. The number of hydrogen-bond acceptors (Lipinski definition) is 7. The van der Waals surface area contributed by atoms with Gasteiger partial charge in [0, 0.05) is 19.7 Å². The Morgan fingerprint density at radius 3 is 2.81 bits per heavy atom. The maximum absolute atomic E-state index is 13.7. The van der Waals surface area contributed by atoms with Crippen molar-refractivity contribution in [3.8, 4) is 5.75 Å². The minimum absolute atomic E-state index is 0.126. The molecule has 0 spiro atoms. The second-order valence-corrected chi connectivity index (χ2v) is 9.20. The van der Waals surface area contributed by atoms with Gasteiger partial charge in [-0.2, -0.15) is 0 Å². The number of hydrogen-bond donors (Lipinski definition) is 0. The van der Waals surface area contributed by atoms with Gasteiger partial charge in [0.15, 0.2) is 10.9 Å². The summed E-state index contributed by atoms with van der Waals surface area (Å²) < 4.78 is 26.8. The van der Waals surface area contributed by atoms with E-state index in [9.17, 15) is 9.18 Å². The lowest BCUT2D eigenvalue weighted by molar-refractivity contribution is 0.0951. The van der Waals surface area contributed by atoms with Gasteiger partial charge in [0.05, 0.1) is 31.1 Å². The van der Waals surface area contributed by atoms with Gasteiger partial charge in [-0.15, -0.1) is 10.2 Å². The lowest BCUT2D eigenvalue weighted by atomic mass is 10.00. The van der Waals surface area contributed by atoms with Crippen LogP contribution in [0, 0.1) is 11.7 Å². The summed E-state index contributed by atoms with van der Waals surface area (Å²) in [6.45, 7) is 5.64. The highest BCUT2D eigenvalue weighted by Crippen LogP contribution is 2.29. The van der Waals surface area contributed by atoms with Crippen molar-refractivity contribution in [3.63, 3.8) is 0 Å². The molecule has 3 heterocycles. The number of ketones is 1. The molecule has 4 rings (SSSR count). The third-order valence-corrected chi connectivity index (χ3v) is 6.94. The Bertz CT molecular complexity index is 908. The molecule has 2 aliphatic rings. The van der Waals surface area contributed by atoms with E-state index in [-0.39, 0.29) is 23.2 Å². The number of methoxy groups -OCH3 is 1. The van der Waals surface area contributed by atoms with Gasteiger partial charge in [0.1, 0.15) is 11.6 Å². The van der Waals surface area contributed by atoms with E-state index in [0.717, 1.165) is 57.2 Å². The maximum Gasteiger partial charge on any atom is 0.228 e. The van der Waals surface area contributed by atoms with Crippen molar-refractivity contribution in [1.29, 1.82) is 0 Å². The fourth-order valence-electron chi connectivity index (χ4n) is 4.09. The summed E-state index contributed by atoms with van der Waals surface area (Å²) in [7, 11) is 1.47. The number of benzene rings is 1. The number of Topliss-reactive ketones (excluding diaryl/α,β-unsaturated/α-hetero) is 1. The summed E-state index contributed by atoms with van der Waals surface area (Å²) in [6.07, 6.45) is 4.47. The number of ether oxygens (including phenoxy) is 2. The van der Waals surface area contributed by atoms with Crippen molar-refractivity contribution in [3.05, 3.63) is 29.6 Å². The molecular formula is C22H29FN4O3S. The first-order valence-electron chi connectivity index (χ1n) is 10.8. The van der Waals surface area contributed by atoms with Gasteiger partial charge in [-0.3, -0.25) is 9.36 Å². The van der Waals surface area contributed by atoms with Crippen molar-refractivity contribution < 1.29 is 18.7 Å². The van der Waals surface area contributed by atoms with Crippen LogP contribution in [0.3, 0.4) is 0 Å². The van der Waals surface area contributed by atoms with Crippen LogP contribution < -0.4 is 9.64 Å². The molecule has 2 aliphatic heterocycles. The summed E-state index contributed by atoms with van der Waals surface area (Å²) in [5, 5.41) is 9.56. The number of piperidine rings is 1. The van der Waals surface area contributed by atoms with Gasteiger partial charge < -0.3 is 14.4 Å². The highest BCUT2D eigenvalue weighted by atomic mass is 32.2. The third-order valence-electron chi connectivity index (χ3n) is 5.97. The monoisotopic (exact) mass is 448 g/mol. The zero-order chi connectivity index (χ0) is 21.8. The normalized spacial score (nSPS) is 19.7. The predicted molar refractivity (Wildman–Crippen MR) is 118 cm³/mol. The number of carbonyl (C=O) groups excluding carboxylic acids is 1. The van der Waals surface area contributed by atoms with E-state index in [2.05, 4.69) is 26.6 Å². The van der Waals surface area contributed by atoms with Gasteiger partial charge in [0.2, 0.25) is 5.95 Å². The van der Waals surface area contributed by atoms with Gasteiger partial charge in [-0.1, -0.05) is 18.7 Å². The van der Waals surface area contributed by atoms with E-state index >= 15 is 0 Å². The molecule has 0 aliphatic carbocycles. The van der Waals surface area contributed by atoms with E-state index < -0.39 is 5.82 Å². The summed E-state index contributed by atoms with van der Waals surface area (Å²) >= 11 is 1.32. The molecule has 1 aromatic heterocycles. The Hall–Kier alpha value is -2.13. The fraction of sp³-hybridized carbons (Fsp3) is 0.591. The molecule has 9 heteroatoms. The zero-order valence-corrected chi connectivity index (χ0v) is 18.9. The van der Waals surface area contributed by atoms with Crippen LogP contribution in [0.2, 0.25) is 0 Å². The highest BCUT2D eigenvalue weighted by molar-refractivity contribution is 7.99. The minimum Gasteiger partial charge on any atom is -0.496 e. The molecule has 1 unspecified atom stereocenters.